The number of anilines is 1. The fraction of sp³-hybridized carbons (Fsp3) is 0.350. The Bertz CT molecular complexity index is 875. The van der Waals surface area contributed by atoms with E-state index in [1.54, 1.807) is 18.2 Å². The number of imide groups is 1. The lowest BCUT2D eigenvalue weighted by atomic mass is 9.85. The number of nitrogens with zero attached hydrogens (tertiary/aromatic N) is 2. The van der Waals surface area contributed by atoms with Gasteiger partial charge < -0.3 is 10.1 Å². The Morgan fingerprint density at radius 2 is 1.89 bits per heavy atom. The van der Waals surface area contributed by atoms with E-state index in [-0.39, 0.29) is 11.8 Å². The fourth-order valence-electron chi connectivity index (χ4n) is 3.35. The maximum absolute atomic E-state index is 12.4. The third-order valence-electron chi connectivity index (χ3n) is 4.82. The van der Waals surface area contributed by atoms with Gasteiger partial charge in [-0.15, -0.1) is 0 Å². The van der Waals surface area contributed by atoms with Crippen LogP contribution in [0.2, 0.25) is 0 Å². The summed E-state index contributed by atoms with van der Waals surface area (Å²) >= 11 is 0. The number of carbonyl (C=O) groups excluding carboxylic acids is 4. The number of amides is 3. The molecule has 3 rings (SSSR count). The minimum Gasteiger partial charge on any atom is -0.451 e. The summed E-state index contributed by atoms with van der Waals surface area (Å²) < 4.78 is 5.08. The summed E-state index contributed by atoms with van der Waals surface area (Å²) in [4.78, 5) is 50.0. The van der Waals surface area contributed by atoms with Crippen LogP contribution in [0, 0.1) is 23.2 Å². The largest absolute Gasteiger partial charge is 0.451 e. The van der Waals surface area contributed by atoms with Crippen LogP contribution in [-0.2, 0) is 23.9 Å². The van der Waals surface area contributed by atoms with Crippen LogP contribution >= 0.6 is 0 Å². The van der Waals surface area contributed by atoms with Crippen LogP contribution in [0.4, 0.5) is 5.69 Å². The Hall–Kier alpha value is -3.47. The Morgan fingerprint density at radius 3 is 2.50 bits per heavy atom. The average molecular weight is 381 g/mol. The molecule has 1 aromatic carbocycles. The van der Waals surface area contributed by atoms with Crippen molar-refractivity contribution in [2.75, 3.05) is 11.9 Å². The minimum absolute atomic E-state index is 0.373. The number of hydrogen-bond acceptors (Lipinski definition) is 6. The molecule has 0 unspecified atom stereocenters. The molecule has 2 aliphatic rings. The zero-order valence-electron chi connectivity index (χ0n) is 15.3. The number of nitriles is 1. The van der Waals surface area contributed by atoms with Crippen LogP contribution < -0.4 is 5.32 Å². The standard InChI is InChI=1S/C20H19N3O5/c1-12(18(25)22-14-6-4-5-13(9-14)10-21)28-17(24)11-23-19(26)15-7-2-3-8-16(15)20(23)27/h2-6,9,12,15-16H,7-8,11H2,1H3,(H,22,25)/t12-,15+,16+/m0/s1. The van der Waals surface area contributed by atoms with Crippen LogP contribution in [0.25, 0.3) is 0 Å². The summed E-state index contributed by atoms with van der Waals surface area (Å²) in [6, 6.07) is 8.26. The number of ether oxygens (including phenoxy) is 1. The molecule has 0 aromatic heterocycles. The van der Waals surface area contributed by atoms with Gasteiger partial charge in [-0.05, 0) is 38.0 Å². The van der Waals surface area contributed by atoms with Crippen LogP contribution in [0.3, 0.4) is 0 Å². The zero-order chi connectivity index (χ0) is 20.3. The Morgan fingerprint density at radius 1 is 1.25 bits per heavy atom. The SMILES string of the molecule is C[C@H](OC(=O)CN1C(=O)[C@@H]2CC=CC[C@H]2C1=O)C(=O)Nc1cccc(C#N)c1. The van der Waals surface area contributed by atoms with E-state index in [1.807, 2.05) is 18.2 Å². The van der Waals surface area contributed by atoms with Gasteiger partial charge in [-0.25, -0.2) is 0 Å². The quantitative estimate of drug-likeness (QED) is 0.468. The second-order valence-corrected chi connectivity index (χ2v) is 6.73. The van der Waals surface area contributed by atoms with Gasteiger partial charge in [0, 0.05) is 5.69 Å². The van der Waals surface area contributed by atoms with E-state index in [0.29, 0.717) is 24.1 Å². The van der Waals surface area contributed by atoms with E-state index in [4.69, 9.17) is 10.00 Å². The molecule has 1 heterocycles. The topological polar surface area (TPSA) is 117 Å². The van der Waals surface area contributed by atoms with Gasteiger partial charge in [-0.3, -0.25) is 24.1 Å². The maximum Gasteiger partial charge on any atom is 0.326 e. The molecule has 3 atom stereocenters. The Kier molecular flexibility index (Phi) is 5.54. The summed E-state index contributed by atoms with van der Waals surface area (Å²) in [6.07, 6.45) is 3.57. The van der Waals surface area contributed by atoms with Crippen LogP contribution in [-0.4, -0.2) is 41.2 Å². The molecule has 1 aromatic rings. The number of fused-ring (bicyclic) bond motifs is 1. The van der Waals surface area contributed by atoms with E-state index in [2.05, 4.69) is 5.32 Å². The highest BCUT2D eigenvalue weighted by Crippen LogP contribution is 2.34. The van der Waals surface area contributed by atoms with Gasteiger partial charge in [0.1, 0.15) is 6.54 Å². The van der Waals surface area contributed by atoms with Gasteiger partial charge in [0.25, 0.3) is 5.91 Å². The number of hydrogen-bond donors (Lipinski definition) is 1. The number of likely N-dealkylation sites (tertiary alicyclic amines) is 1. The zero-order valence-corrected chi connectivity index (χ0v) is 15.3. The van der Waals surface area contributed by atoms with E-state index in [0.717, 1.165) is 4.90 Å². The molecule has 0 saturated carbocycles. The Labute approximate surface area is 161 Å². The van der Waals surface area contributed by atoms with E-state index < -0.39 is 36.4 Å². The van der Waals surface area contributed by atoms with Gasteiger partial charge in [0.2, 0.25) is 11.8 Å². The maximum atomic E-state index is 12.4. The van der Waals surface area contributed by atoms with Gasteiger partial charge in [-0.2, -0.15) is 5.26 Å². The number of allylic oxidation sites excluding steroid dienone is 2. The molecule has 1 saturated heterocycles. The second-order valence-electron chi connectivity index (χ2n) is 6.73. The molecule has 0 spiro atoms. The number of benzene rings is 1. The van der Waals surface area contributed by atoms with Crippen molar-refractivity contribution in [2.24, 2.45) is 11.8 Å². The van der Waals surface area contributed by atoms with Crippen LogP contribution in [0.1, 0.15) is 25.3 Å². The number of esters is 1. The normalized spacial score (nSPS) is 21.6. The predicted octanol–water partition coefficient (Wildman–Crippen LogP) is 1.38. The van der Waals surface area contributed by atoms with E-state index >= 15 is 0 Å². The van der Waals surface area contributed by atoms with Crippen molar-refractivity contribution in [3.63, 3.8) is 0 Å². The van der Waals surface area contributed by atoms with Crippen molar-refractivity contribution in [1.29, 1.82) is 5.26 Å². The number of rotatable bonds is 5. The Balaban J connectivity index is 1.55. The summed E-state index contributed by atoms with van der Waals surface area (Å²) in [7, 11) is 0. The lowest BCUT2D eigenvalue weighted by Crippen LogP contribution is -2.39. The van der Waals surface area contributed by atoms with Gasteiger partial charge in [-0.1, -0.05) is 18.2 Å². The number of carbonyl (C=O) groups is 4. The minimum atomic E-state index is -1.13. The molecule has 8 nitrogen and oxygen atoms in total. The highest BCUT2D eigenvalue weighted by molar-refractivity contribution is 6.07. The second kappa shape index (κ2) is 8.05. The third-order valence-corrected chi connectivity index (χ3v) is 4.82. The predicted molar refractivity (Wildman–Crippen MR) is 97.4 cm³/mol. The summed E-state index contributed by atoms with van der Waals surface area (Å²) in [5.41, 5.74) is 0.776. The van der Waals surface area contributed by atoms with Crippen LogP contribution in [0.15, 0.2) is 36.4 Å². The van der Waals surface area contributed by atoms with Crippen molar-refractivity contribution in [3.05, 3.63) is 42.0 Å². The first kappa shape index (κ1) is 19.3. The molecule has 144 valence electrons. The molecule has 1 aliphatic heterocycles. The van der Waals surface area contributed by atoms with Crippen molar-refractivity contribution in [2.45, 2.75) is 25.9 Å². The van der Waals surface area contributed by atoms with Gasteiger partial charge in [0.05, 0.1) is 23.5 Å². The molecule has 8 heteroatoms. The molecule has 0 bridgehead atoms. The summed E-state index contributed by atoms with van der Waals surface area (Å²) in [5.74, 6) is -3.00. The monoisotopic (exact) mass is 381 g/mol. The molecular formula is C20H19N3O5. The van der Waals surface area contributed by atoms with E-state index in [1.165, 1.54) is 13.0 Å². The molecule has 0 radical (unpaired) electrons. The van der Waals surface area contributed by atoms with Gasteiger partial charge >= 0.3 is 5.97 Å². The molecule has 1 aliphatic carbocycles. The average Bonchev–Trinajstić information content (AvgIpc) is 2.93. The molecular weight excluding hydrogens is 362 g/mol. The highest BCUT2D eigenvalue weighted by atomic mass is 16.5. The first-order valence-corrected chi connectivity index (χ1v) is 8.91. The van der Waals surface area contributed by atoms with Crippen molar-refractivity contribution in [3.8, 4) is 6.07 Å². The fourth-order valence-corrected chi connectivity index (χ4v) is 3.35. The lowest BCUT2D eigenvalue weighted by molar-refractivity contribution is -0.158. The van der Waals surface area contributed by atoms with Crippen molar-refractivity contribution < 1.29 is 23.9 Å². The smallest absolute Gasteiger partial charge is 0.326 e. The first-order chi connectivity index (χ1) is 13.4. The molecule has 1 fully saturated rings. The van der Waals surface area contributed by atoms with Crippen molar-refractivity contribution >= 4 is 29.4 Å². The van der Waals surface area contributed by atoms with Crippen molar-refractivity contribution in [1.82, 2.24) is 4.90 Å². The first-order valence-electron chi connectivity index (χ1n) is 8.91. The molecule has 3 amide bonds. The van der Waals surface area contributed by atoms with Gasteiger partial charge in [0.15, 0.2) is 6.10 Å². The number of nitrogens with one attached hydrogen (secondary N) is 1. The molecule has 1 N–H and O–H groups in total. The lowest BCUT2D eigenvalue weighted by Gasteiger charge is -2.17. The summed E-state index contributed by atoms with van der Waals surface area (Å²) in [6.45, 7) is 0.880. The summed E-state index contributed by atoms with van der Waals surface area (Å²) in [5, 5.41) is 11.4. The van der Waals surface area contributed by atoms with Crippen LogP contribution in [0.5, 0.6) is 0 Å². The molecule has 28 heavy (non-hydrogen) atoms. The highest BCUT2D eigenvalue weighted by Gasteiger charge is 2.47. The van der Waals surface area contributed by atoms with E-state index in [9.17, 15) is 19.2 Å². The third kappa shape index (κ3) is 3.93.